The first kappa shape index (κ1) is 13.1. The molecule has 1 aromatic rings. The Kier molecular flexibility index (Phi) is 3.68. The molecule has 0 radical (unpaired) electrons. The fraction of sp³-hybridized carbons (Fsp3) is 0.769. The normalized spacial score (nSPS) is 19.7. The summed E-state index contributed by atoms with van der Waals surface area (Å²) in [4.78, 5) is 16.4. The quantitative estimate of drug-likeness (QED) is 0.891. The summed E-state index contributed by atoms with van der Waals surface area (Å²) < 4.78 is 5.06. The lowest BCUT2D eigenvalue weighted by molar-refractivity contribution is -0.126. The van der Waals surface area contributed by atoms with E-state index in [0.29, 0.717) is 11.7 Å². The van der Waals surface area contributed by atoms with Crippen LogP contribution in [-0.4, -0.2) is 16.0 Å². The average Bonchev–Trinajstić information content (AvgIpc) is 2.98. The maximum Gasteiger partial charge on any atom is 0.223 e. The van der Waals surface area contributed by atoms with Gasteiger partial charge in [0.25, 0.3) is 0 Å². The number of nitrogens with zero attached hydrogens (tertiary/aromatic N) is 2. The van der Waals surface area contributed by atoms with Crippen LogP contribution in [0.5, 0.6) is 0 Å². The standard InChI is InChI=1S/C13H21N3O2/c1-4-9(2)11(17)15-13(7-5-6-8-13)12-14-10(3)18-16-12/h9H,4-8H2,1-3H3,(H,15,17). The van der Waals surface area contributed by atoms with E-state index >= 15 is 0 Å². The van der Waals surface area contributed by atoms with E-state index in [0.717, 1.165) is 32.1 Å². The number of hydrogen-bond acceptors (Lipinski definition) is 4. The minimum atomic E-state index is -0.404. The third-order valence-corrected chi connectivity index (χ3v) is 3.84. The molecular formula is C13H21N3O2. The summed E-state index contributed by atoms with van der Waals surface area (Å²) >= 11 is 0. The zero-order chi connectivity index (χ0) is 13.2. The van der Waals surface area contributed by atoms with E-state index in [4.69, 9.17) is 4.52 Å². The van der Waals surface area contributed by atoms with Gasteiger partial charge in [-0.25, -0.2) is 0 Å². The van der Waals surface area contributed by atoms with Crippen LogP contribution in [0.1, 0.15) is 57.7 Å². The molecule has 0 saturated heterocycles. The van der Waals surface area contributed by atoms with Gasteiger partial charge in [-0.1, -0.05) is 31.8 Å². The van der Waals surface area contributed by atoms with Crippen LogP contribution in [0, 0.1) is 12.8 Å². The number of aryl methyl sites for hydroxylation is 1. The summed E-state index contributed by atoms with van der Waals surface area (Å²) in [6.45, 7) is 5.74. The molecule has 5 nitrogen and oxygen atoms in total. The lowest BCUT2D eigenvalue weighted by Gasteiger charge is -2.28. The Morgan fingerprint density at radius 2 is 2.17 bits per heavy atom. The minimum Gasteiger partial charge on any atom is -0.343 e. The van der Waals surface area contributed by atoms with Crippen molar-refractivity contribution in [2.75, 3.05) is 0 Å². The van der Waals surface area contributed by atoms with Crippen LogP contribution >= 0.6 is 0 Å². The molecule has 5 heteroatoms. The predicted octanol–water partition coefficient (Wildman–Crippen LogP) is 2.31. The van der Waals surface area contributed by atoms with Crippen LogP contribution in [-0.2, 0) is 10.3 Å². The van der Waals surface area contributed by atoms with Crippen LogP contribution in [0.3, 0.4) is 0 Å². The summed E-state index contributed by atoms with van der Waals surface area (Å²) in [6, 6.07) is 0. The molecule has 1 amide bonds. The second-order valence-electron chi connectivity index (χ2n) is 5.22. The number of nitrogens with one attached hydrogen (secondary N) is 1. The van der Waals surface area contributed by atoms with Crippen molar-refractivity contribution in [3.05, 3.63) is 11.7 Å². The molecule has 0 spiro atoms. The van der Waals surface area contributed by atoms with Crippen molar-refractivity contribution in [1.29, 1.82) is 0 Å². The van der Waals surface area contributed by atoms with Crippen LogP contribution in [0.25, 0.3) is 0 Å². The molecule has 1 heterocycles. The first-order valence-corrected chi connectivity index (χ1v) is 6.70. The molecule has 1 atom stereocenters. The Labute approximate surface area is 107 Å². The molecule has 2 rings (SSSR count). The van der Waals surface area contributed by atoms with Gasteiger partial charge in [-0.2, -0.15) is 4.98 Å². The van der Waals surface area contributed by atoms with Gasteiger partial charge in [0.2, 0.25) is 11.8 Å². The zero-order valence-electron chi connectivity index (χ0n) is 11.3. The van der Waals surface area contributed by atoms with Crippen molar-refractivity contribution < 1.29 is 9.32 Å². The van der Waals surface area contributed by atoms with Gasteiger partial charge in [0.1, 0.15) is 5.54 Å². The van der Waals surface area contributed by atoms with Gasteiger partial charge in [0.05, 0.1) is 0 Å². The topological polar surface area (TPSA) is 68.0 Å². The fourth-order valence-corrected chi connectivity index (χ4v) is 2.42. The van der Waals surface area contributed by atoms with Gasteiger partial charge >= 0.3 is 0 Å². The van der Waals surface area contributed by atoms with Crippen molar-refractivity contribution in [2.24, 2.45) is 5.92 Å². The van der Waals surface area contributed by atoms with Crippen molar-refractivity contribution in [3.63, 3.8) is 0 Å². The van der Waals surface area contributed by atoms with E-state index in [2.05, 4.69) is 15.5 Å². The molecule has 1 aliphatic rings. The molecule has 100 valence electrons. The zero-order valence-corrected chi connectivity index (χ0v) is 11.3. The van der Waals surface area contributed by atoms with E-state index < -0.39 is 5.54 Å². The molecular weight excluding hydrogens is 230 g/mol. The number of carbonyl (C=O) groups is 1. The molecule has 1 aliphatic carbocycles. The number of amides is 1. The highest BCUT2D eigenvalue weighted by Crippen LogP contribution is 2.37. The second kappa shape index (κ2) is 5.08. The summed E-state index contributed by atoms with van der Waals surface area (Å²) in [5.74, 6) is 1.29. The van der Waals surface area contributed by atoms with Gasteiger partial charge in [0.15, 0.2) is 5.82 Å². The molecule has 18 heavy (non-hydrogen) atoms. The minimum absolute atomic E-state index is 0.0236. The Balaban J connectivity index is 2.20. The SMILES string of the molecule is CCC(C)C(=O)NC1(c2noc(C)n2)CCCC1. The third kappa shape index (κ3) is 2.40. The maximum atomic E-state index is 12.1. The highest BCUT2D eigenvalue weighted by atomic mass is 16.5. The molecule has 1 aromatic heterocycles. The van der Waals surface area contributed by atoms with Gasteiger partial charge in [0, 0.05) is 12.8 Å². The first-order valence-electron chi connectivity index (χ1n) is 6.70. The molecule has 1 saturated carbocycles. The lowest BCUT2D eigenvalue weighted by atomic mass is 9.95. The molecule has 1 N–H and O–H groups in total. The van der Waals surface area contributed by atoms with Crippen molar-refractivity contribution >= 4 is 5.91 Å². The van der Waals surface area contributed by atoms with Crippen molar-refractivity contribution in [1.82, 2.24) is 15.5 Å². The number of carbonyl (C=O) groups excluding carboxylic acids is 1. The van der Waals surface area contributed by atoms with Crippen LogP contribution < -0.4 is 5.32 Å². The summed E-state index contributed by atoms with van der Waals surface area (Å²) in [5, 5.41) is 7.16. The Hall–Kier alpha value is -1.39. The summed E-state index contributed by atoms with van der Waals surface area (Å²) in [7, 11) is 0. The van der Waals surface area contributed by atoms with Gasteiger partial charge in [-0.05, 0) is 19.3 Å². The predicted molar refractivity (Wildman–Crippen MR) is 66.8 cm³/mol. The van der Waals surface area contributed by atoms with E-state index in [1.807, 2.05) is 13.8 Å². The smallest absolute Gasteiger partial charge is 0.223 e. The van der Waals surface area contributed by atoms with E-state index in [1.54, 1.807) is 6.92 Å². The highest BCUT2D eigenvalue weighted by molar-refractivity contribution is 5.79. The van der Waals surface area contributed by atoms with E-state index in [1.165, 1.54) is 0 Å². The Bertz CT molecular complexity index is 422. The number of rotatable bonds is 4. The van der Waals surface area contributed by atoms with Crippen molar-refractivity contribution in [3.8, 4) is 0 Å². The van der Waals surface area contributed by atoms with Gasteiger partial charge in [-0.15, -0.1) is 0 Å². The fourth-order valence-electron chi connectivity index (χ4n) is 2.42. The summed E-state index contributed by atoms with van der Waals surface area (Å²) in [5.41, 5.74) is -0.404. The number of hydrogen-bond donors (Lipinski definition) is 1. The Morgan fingerprint density at radius 3 is 2.67 bits per heavy atom. The monoisotopic (exact) mass is 251 g/mol. The van der Waals surface area contributed by atoms with Gasteiger partial charge < -0.3 is 9.84 Å². The molecule has 0 bridgehead atoms. The largest absolute Gasteiger partial charge is 0.343 e. The van der Waals surface area contributed by atoms with E-state index in [9.17, 15) is 4.79 Å². The van der Waals surface area contributed by atoms with Crippen LogP contribution in [0.15, 0.2) is 4.52 Å². The third-order valence-electron chi connectivity index (χ3n) is 3.84. The second-order valence-corrected chi connectivity index (χ2v) is 5.22. The molecule has 0 aromatic carbocycles. The average molecular weight is 251 g/mol. The first-order chi connectivity index (χ1) is 8.57. The van der Waals surface area contributed by atoms with E-state index in [-0.39, 0.29) is 11.8 Å². The lowest BCUT2D eigenvalue weighted by Crippen LogP contribution is -2.46. The van der Waals surface area contributed by atoms with Crippen LogP contribution in [0.4, 0.5) is 0 Å². The van der Waals surface area contributed by atoms with Gasteiger partial charge in [-0.3, -0.25) is 4.79 Å². The van der Waals surface area contributed by atoms with Crippen LogP contribution in [0.2, 0.25) is 0 Å². The Morgan fingerprint density at radius 1 is 1.50 bits per heavy atom. The highest BCUT2D eigenvalue weighted by Gasteiger charge is 2.41. The maximum absolute atomic E-state index is 12.1. The van der Waals surface area contributed by atoms with Crippen molar-refractivity contribution in [2.45, 2.75) is 58.4 Å². The molecule has 1 fully saturated rings. The molecule has 1 unspecified atom stereocenters. The molecule has 0 aliphatic heterocycles. The summed E-state index contributed by atoms with van der Waals surface area (Å²) in [6.07, 6.45) is 4.82. The number of aromatic nitrogens is 2.